The summed E-state index contributed by atoms with van der Waals surface area (Å²) in [6, 6.07) is 0. The van der Waals surface area contributed by atoms with E-state index in [4.69, 9.17) is 10.8 Å². The van der Waals surface area contributed by atoms with Crippen molar-refractivity contribution in [3.8, 4) is 0 Å². The van der Waals surface area contributed by atoms with Gasteiger partial charge in [0.15, 0.2) is 0 Å². The number of thioether (sulfide) groups is 1. The Labute approximate surface area is 91.7 Å². The summed E-state index contributed by atoms with van der Waals surface area (Å²) in [6.45, 7) is 0. The highest BCUT2D eigenvalue weighted by atomic mass is 32.2. The lowest BCUT2D eigenvalue weighted by atomic mass is 10.2. The van der Waals surface area contributed by atoms with Crippen LogP contribution in [-0.4, -0.2) is 32.0 Å². The molecule has 0 aliphatic carbocycles. The normalized spacial score (nSPS) is 10.4. The zero-order valence-corrected chi connectivity index (χ0v) is 9.09. The Hall–Kier alpha value is -1.24. The van der Waals surface area contributed by atoms with Crippen LogP contribution in [0.5, 0.6) is 0 Å². The average molecular weight is 230 g/mol. The van der Waals surface area contributed by atoms with Gasteiger partial charge in [0, 0.05) is 12.2 Å². The maximum absolute atomic E-state index is 10.2. The third-order valence-corrected chi connectivity index (χ3v) is 2.68. The van der Waals surface area contributed by atoms with Crippen molar-refractivity contribution in [2.24, 2.45) is 0 Å². The minimum atomic E-state index is -0.732. The fraction of sp³-hybridized carbons (Fsp3) is 0.625. The zero-order valence-electron chi connectivity index (χ0n) is 8.27. The molecule has 7 heteroatoms. The highest BCUT2D eigenvalue weighted by Crippen LogP contribution is 2.15. The first-order chi connectivity index (χ1) is 7.18. The van der Waals surface area contributed by atoms with Gasteiger partial charge in [-0.25, -0.2) is 5.10 Å². The van der Waals surface area contributed by atoms with E-state index < -0.39 is 5.97 Å². The van der Waals surface area contributed by atoms with E-state index in [0.29, 0.717) is 11.1 Å². The molecule has 1 aromatic heterocycles. The number of rotatable bonds is 7. The van der Waals surface area contributed by atoms with E-state index in [1.807, 2.05) is 0 Å². The van der Waals surface area contributed by atoms with E-state index in [2.05, 4.69) is 15.2 Å². The minimum absolute atomic E-state index is 0.248. The molecule has 0 amide bonds. The lowest BCUT2D eigenvalue weighted by molar-refractivity contribution is -0.137. The van der Waals surface area contributed by atoms with Gasteiger partial charge in [0.1, 0.15) is 0 Å². The summed E-state index contributed by atoms with van der Waals surface area (Å²) in [5, 5.41) is 15.5. The smallest absolute Gasteiger partial charge is 0.303 e. The molecular weight excluding hydrogens is 216 g/mol. The number of nitrogen functional groups attached to an aromatic ring is 1. The molecule has 0 bridgehead atoms. The first kappa shape index (κ1) is 11.8. The van der Waals surface area contributed by atoms with E-state index in [0.717, 1.165) is 25.0 Å². The second-order valence-electron chi connectivity index (χ2n) is 3.06. The molecule has 0 saturated heterocycles. The van der Waals surface area contributed by atoms with Crippen LogP contribution >= 0.6 is 11.8 Å². The van der Waals surface area contributed by atoms with Crippen molar-refractivity contribution in [3.63, 3.8) is 0 Å². The predicted octanol–water partition coefficient (Wildman–Crippen LogP) is 1.12. The third kappa shape index (κ3) is 5.26. The van der Waals surface area contributed by atoms with Crippen LogP contribution in [0.1, 0.15) is 25.7 Å². The Balaban J connectivity index is 2.00. The van der Waals surface area contributed by atoms with Crippen molar-refractivity contribution in [1.29, 1.82) is 0 Å². The number of nitrogens with two attached hydrogens (primary N) is 1. The van der Waals surface area contributed by atoms with Crippen LogP contribution in [0.3, 0.4) is 0 Å². The number of anilines is 1. The van der Waals surface area contributed by atoms with Crippen LogP contribution < -0.4 is 5.73 Å². The maximum atomic E-state index is 10.2. The molecule has 0 aliphatic heterocycles. The SMILES string of the molecule is Nc1nc(SCCCCCC(=O)O)n[nH]1. The molecule has 1 aromatic rings. The molecule has 0 radical (unpaired) electrons. The third-order valence-electron chi connectivity index (χ3n) is 1.75. The van der Waals surface area contributed by atoms with Crippen molar-refractivity contribution < 1.29 is 9.90 Å². The molecular formula is C8H14N4O2S. The number of carbonyl (C=O) groups is 1. The van der Waals surface area contributed by atoms with Crippen molar-refractivity contribution >= 4 is 23.7 Å². The molecule has 0 aromatic carbocycles. The van der Waals surface area contributed by atoms with Crippen molar-refractivity contribution in [2.75, 3.05) is 11.5 Å². The number of hydrogen-bond donors (Lipinski definition) is 3. The lowest BCUT2D eigenvalue weighted by Crippen LogP contribution is -1.94. The second kappa shape index (κ2) is 6.28. The molecule has 0 unspecified atom stereocenters. The number of carboxylic acid groups (broad SMARTS) is 1. The summed E-state index contributed by atoms with van der Waals surface area (Å²) < 4.78 is 0. The average Bonchev–Trinajstić information content (AvgIpc) is 2.57. The first-order valence-electron chi connectivity index (χ1n) is 4.71. The number of unbranched alkanes of at least 4 members (excludes halogenated alkanes) is 2. The molecule has 0 fully saturated rings. The summed E-state index contributed by atoms with van der Waals surface area (Å²) in [5.41, 5.74) is 5.36. The molecule has 1 heterocycles. The maximum Gasteiger partial charge on any atom is 0.303 e. The molecule has 0 saturated carbocycles. The Kier molecular flexibility index (Phi) is 4.96. The zero-order chi connectivity index (χ0) is 11.1. The largest absolute Gasteiger partial charge is 0.481 e. The lowest BCUT2D eigenvalue weighted by Gasteiger charge is -1.96. The Morgan fingerprint density at radius 2 is 2.27 bits per heavy atom. The number of carboxylic acids is 1. The van der Waals surface area contributed by atoms with Crippen molar-refractivity contribution in [3.05, 3.63) is 0 Å². The van der Waals surface area contributed by atoms with Crippen molar-refractivity contribution in [1.82, 2.24) is 15.2 Å². The number of aromatic amines is 1. The van der Waals surface area contributed by atoms with Crippen LogP contribution in [0, 0.1) is 0 Å². The topological polar surface area (TPSA) is 105 Å². The van der Waals surface area contributed by atoms with Gasteiger partial charge >= 0.3 is 5.97 Å². The van der Waals surface area contributed by atoms with Crippen LogP contribution in [0.2, 0.25) is 0 Å². The van der Waals surface area contributed by atoms with Crippen LogP contribution in [0.25, 0.3) is 0 Å². The van der Waals surface area contributed by atoms with Crippen molar-refractivity contribution in [2.45, 2.75) is 30.8 Å². The van der Waals surface area contributed by atoms with Gasteiger partial charge in [0.05, 0.1) is 0 Å². The van der Waals surface area contributed by atoms with Crippen LogP contribution in [-0.2, 0) is 4.79 Å². The first-order valence-corrected chi connectivity index (χ1v) is 5.69. The van der Waals surface area contributed by atoms with Gasteiger partial charge in [-0.2, -0.15) is 4.98 Å². The molecule has 0 atom stereocenters. The van der Waals surface area contributed by atoms with Crippen LogP contribution in [0.4, 0.5) is 5.95 Å². The van der Waals surface area contributed by atoms with Gasteiger partial charge in [-0.3, -0.25) is 4.79 Å². The van der Waals surface area contributed by atoms with E-state index in [9.17, 15) is 4.79 Å². The van der Waals surface area contributed by atoms with Gasteiger partial charge in [0.25, 0.3) is 0 Å². The highest BCUT2D eigenvalue weighted by molar-refractivity contribution is 7.99. The summed E-state index contributed by atoms with van der Waals surface area (Å²) in [4.78, 5) is 14.1. The van der Waals surface area contributed by atoms with Gasteiger partial charge < -0.3 is 10.8 Å². The standard InChI is InChI=1S/C8H14N4O2S/c9-7-10-8(12-11-7)15-5-3-1-2-4-6(13)14/h1-5H2,(H,13,14)(H3,9,10,11,12). The van der Waals surface area contributed by atoms with E-state index in [1.54, 1.807) is 0 Å². The minimum Gasteiger partial charge on any atom is -0.481 e. The number of nitrogens with one attached hydrogen (secondary N) is 1. The summed E-state index contributed by atoms with van der Waals surface area (Å²) in [7, 11) is 0. The molecule has 84 valence electrons. The van der Waals surface area contributed by atoms with E-state index in [-0.39, 0.29) is 6.42 Å². The molecule has 1 rings (SSSR count). The number of hydrogen-bond acceptors (Lipinski definition) is 5. The molecule has 6 nitrogen and oxygen atoms in total. The van der Waals surface area contributed by atoms with E-state index in [1.165, 1.54) is 11.8 Å². The van der Waals surface area contributed by atoms with Gasteiger partial charge in [-0.15, -0.1) is 5.10 Å². The Morgan fingerprint density at radius 1 is 1.47 bits per heavy atom. The molecule has 15 heavy (non-hydrogen) atoms. The molecule has 4 N–H and O–H groups in total. The number of nitrogens with zero attached hydrogens (tertiary/aromatic N) is 2. The summed E-state index contributed by atoms with van der Waals surface area (Å²) in [6.07, 6.45) is 2.86. The number of aliphatic carboxylic acids is 1. The van der Waals surface area contributed by atoms with E-state index >= 15 is 0 Å². The Morgan fingerprint density at radius 3 is 2.87 bits per heavy atom. The molecule has 0 aliphatic rings. The van der Waals surface area contributed by atoms with Gasteiger partial charge in [0.2, 0.25) is 11.1 Å². The number of aromatic nitrogens is 3. The predicted molar refractivity (Wildman–Crippen MR) is 57.6 cm³/mol. The van der Waals surface area contributed by atoms with Crippen LogP contribution in [0.15, 0.2) is 5.16 Å². The fourth-order valence-electron chi connectivity index (χ4n) is 1.04. The summed E-state index contributed by atoms with van der Waals surface area (Å²) in [5.74, 6) is 0.476. The second-order valence-corrected chi connectivity index (χ2v) is 4.12. The number of H-pyrrole nitrogens is 1. The Bertz CT molecular complexity index is 315. The quantitative estimate of drug-likeness (QED) is 0.479. The monoisotopic (exact) mass is 230 g/mol. The fourth-order valence-corrected chi connectivity index (χ4v) is 1.85. The summed E-state index contributed by atoms with van der Waals surface area (Å²) >= 11 is 1.52. The molecule has 0 spiro atoms. The highest BCUT2D eigenvalue weighted by Gasteiger charge is 2.01. The van der Waals surface area contributed by atoms with Gasteiger partial charge in [-0.1, -0.05) is 18.2 Å². The van der Waals surface area contributed by atoms with Gasteiger partial charge in [-0.05, 0) is 12.8 Å².